The van der Waals surface area contributed by atoms with Crippen LogP contribution in [0.1, 0.15) is 23.6 Å². The van der Waals surface area contributed by atoms with E-state index in [1.807, 2.05) is 24.3 Å². The number of rotatable bonds is 9. The van der Waals surface area contributed by atoms with E-state index in [-0.39, 0.29) is 0 Å². The molecule has 0 spiro atoms. The van der Waals surface area contributed by atoms with Crippen molar-refractivity contribution in [1.29, 1.82) is 0 Å². The minimum Gasteiger partial charge on any atom is -0.310 e. The van der Waals surface area contributed by atoms with Gasteiger partial charge in [-0.05, 0) is 113 Å². The molecule has 0 radical (unpaired) electrons. The van der Waals surface area contributed by atoms with Crippen LogP contribution < -0.4 is 15.3 Å². The van der Waals surface area contributed by atoms with Crippen LogP contribution in [0.15, 0.2) is 237 Å². The lowest BCUT2D eigenvalue weighted by Gasteiger charge is -2.35. The van der Waals surface area contributed by atoms with Gasteiger partial charge in [-0.1, -0.05) is 202 Å². The molecule has 0 aliphatic heterocycles. The second-order valence-corrected chi connectivity index (χ2v) is 14.6. The standard InChI is InChI=1S/C57H43N/c1-4-20-46(5-2)57(47-27-10-7-11-28-47)55-34-17-16-33-53(55)54-36-35-50(40-56(54)57)58(49-30-19-26-44(39-49)43-23-8-6-9-24-43)48-29-18-22-42(38-48)37-45-25-13-15-32-52(45)51-31-14-12-21-41(51)3/h4-40H,1-3H2/b45-37+,46-20+,52-51-/i35D. The maximum atomic E-state index is 9.86. The van der Waals surface area contributed by atoms with Gasteiger partial charge in [0.25, 0.3) is 0 Å². The van der Waals surface area contributed by atoms with Crippen molar-refractivity contribution in [3.8, 4) is 22.3 Å². The number of allylic oxidation sites excluding steroid dienone is 4. The summed E-state index contributed by atoms with van der Waals surface area (Å²) in [6.07, 6.45) is 8.12. The van der Waals surface area contributed by atoms with Crippen LogP contribution in [0, 0.1) is 10.4 Å². The number of nitrogens with zero attached hydrogens (tertiary/aromatic N) is 1. The number of fused-ring (bicyclic) bond motifs is 3. The van der Waals surface area contributed by atoms with E-state index in [2.05, 4.69) is 219 Å². The molecule has 1 nitrogen and oxygen atoms in total. The van der Waals surface area contributed by atoms with Crippen molar-refractivity contribution < 1.29 is 1.37 Å². The molecule has 0 amide bonds. The Labute approximate surface area is 342 Å². The Kier molecular flexibility index (Phi) is 9.39. The molecule has 1 aliphatic rings. The molecular weight excluding hydrogens is 699 g/mol. The molecule has 0 bridgehead atoms. The van der Waals surface area contributed by atoms with Gasteiger partial charge in [-0.25, -0.2) is 0 Å². The van der Waals surface area contributed by atoms with E-state index >= 15 is 0 Å². The third-order valence-corrected chi connectivity index (χ3v) is 11.3. The summed E-state index contributed by atoms with van der Waals surface area (Å²) in [5.74, 6) is 0. The highest BCUT2D eigenvalue weighted by molar-refractivity contribution is 5.90. The lowest BCUT2D eigenvalue weighted by atomic mass is 9.67. The minimum atomic E-state index is -0.701. The van der Waals surface area contributed by atoms with Gasteiger partial charge in [0.05, 0.1) is 6.79 Å². The molecule has 0 saturated carbocycles. The van der Waals surface area contributed by atoms with E-state index in [1.54, 1.807) is 0 Å². The molecule has 1 atom stereocenters. The van der Waals surface area contributed by atoms with Crippen molar-refractivity contribution in [2.75, 3.05) is 4.90 Å². The molecular formula is C57H43N. The molecule has 0 saturated heterocycles. The van der Waals surface area contributed by atoms with Gasteiger partial charge in [-0.2, -0.15) is 0 Å². The van der Waals surface area contributed by atoms with Gasteiger partial charge in [-0.3, -0.25) is 0 Å². The fourth-order valence-corrected chi connectivity index (χ4v) is 8.75. The summed E-state index contributed by atoms with van der Waals surface area (Å²) in [7, 11) is 0. The van der Waals surface area contributed by atoms with E-state index in [1.165, 1.54) is 0 Å². The van der Waals surface area contributed by atoms with Gasteiger partial charge in [-0.15, -0.1) is 0 Å². The highest BCUT2D eigenvalue weighted by atomic mass is 15.1. The van der Waals surface area contributed by atoms with Crippen molar-refractivity contribution in [2.24, 2.45) is 0 Å². The average Bonchev–Trinajstić information content (AvgIpc) is 3.56. The fourth-order valence-electron chi connectivity index (χ4n) is 8.75. The number of benzene rings is 8. The quantitative estimate of drug-likeness (QED) is 0.133. The Morgan fingerprint density at radius 2 is 1.17 bits per heavy atom. The SMILES string of the molecule is [2H]c1cc2c(cc1N(c1cccc(/C=c3\cccc\c3=c3/ccccc3=C)c1)c1cccc(-c3ccccc3)c1)C(/C(C=C)=C/C=C)(c1ccccc1)c1ccccc1-2. The van der Waals surface area contributed by atoms with E-state index in [0.29, 0.717) is 6.04 Å². The minimum absolute atomic E-state index is 0.423. The predicted octanol–water partition coefficient (Wildman–Crippen LogP) is 13.0. The zero-order valence-electron chi connectivity index (χ0n) is 33.4. The smallest absolute Gasteiger partial charge is 0.0714 e. The van der Waals surface area contributed by atoms with E-state index in [9.17, 15) is 1.37 Å². The zero-order valence-corrected chi connectivity index (χ0v) is 32.4. The highest BCUT2D eigenvalue weighted by Gasteiger charge is 2.46. The van der Waals surface area contributed by atoms with Crippen LogP contribution in [0.5, 0.6) is 0 Å². The summed E-state index contributed by atoms with van der Waals surface area (Å²) in [6, 6.07) is 68.4. The molecule has 1 aliphatic carbocycles. The molecule has 0 fully saturated rings. The Bertz CT molecular complexity index is 3130. The first-order valence-electron chi connectivity index (χ1n) is 20.2. The molecule has 8 aromatic carbocycles. The van der Waals surface area contributed by atoms with Crippen LogP contribution in [-0.2, 0) is 5.41 Å². The monoisotopic (exact) mass is 742 g/mol. The van der Waals surface area contributed by atoms with Gasteiger partial charge in [0.2, 0.25) is 0 Å². The van der Waals surface area contributed by atoms with Crippen molar-refractivity contribution in [3.05, 3.63) is 280 Å². The molecule has 9 rings (SSSR count). The van der Waals surface area contributed by atoms with Crippen LogP contribution in [0.2, 0.25) is 0 Å². The maximum absolute atomic E-state index is 9.86. The lowest BCUT2D eigenvalue weighted by molar-refractivity contribution is 0.767. The van der Waals surface area contributed by atoms with E-state index < -0.39 is 5.41 Å². The fraction of sp³-hybridized carbons (Fsp3) is 0.0175. The third-order valence-electron chi connectivity index (χ3n) is 11.3. The summed E-state index contributed by atoms with van der Waals surface area (Å²) < 4.78 is 9.86. The molecule has 0 aromatic heterocycles. The highest BCUT2D eigenvalue weighted by Crippen LogP contribution is 2.57. The summed E-state index contributed by atoms with van der Waals surface area (Å²) in [4.78, 5) is 2.24. The van der Waals surface area contributed by atoms with Crippen LogP contribution in [-0.4, -0.2) is 0 Å². The maximum Gasteiger partial charge on any atom is 0.0714 e. The zero-order chi connectivity index (χ0) is 40.3. The molecule has 276 valence electrons. The molecule has 58 heavy (non-hydrogen) atoms. The Hall–Kier alpha value is -7.48. The van der Waals surface area contributed by atoms with Crippen LogP contribution in [0.25, 0.3) is 34.9 Å². The van der Waals surface area contributed by atoms with Crippen LogP contribution in [0.3, 0.4) is 0 Å². The predicted molar refractivity (Wildman–Crippen MR) is 246 cm³/mol. The first-order valence-corrected chi connectivity index (χ1v) is 19.7. The lowest BCUT2D eigenvalue weighted by Crippen LogP contribution is -2.29. The van der Waals surface area contributed by atoms with Gasteiger partial charge >= 0.3 is 0 Å². The second kappa shape index (κ2) is 15.6. The van der Waals surface area contributed by atoms with E-state index in [0.717, 1.165) is 88.0 Å². The van der Waals surface area contributed by atoms with Gasteiger partial charge < -0.3 is 4.90 Å². The van der Waals surface area contributed by atoms with Gasteiger partial charge in [0, 0.05) is 17.1 Å². The van der Waals surface area contributed by atoms with Gasteiger partial charge in [0.1, 0.15) is 0 Å². The molecule has 8 aromatic rings. The van der Waals surface area contributed by atoms with Gasteiger partial charge in [0.15, 0.2) is 0 Å². The largest absolute Gasteiger partial charge is 0.310 e. The summed E-state index contributed by atoms with van der Waals surface area (Å²) >= 11 is 0. The number of hydrogen-bond acceptors (Lipinski definition) is 1. The summed E-state index contributed by atoms with van der Waals surface area (Å²) in [6.45, 7) is 12.8. The molecule has 1 unspecified atom stereocenters. The van der Waals surface area contributed by atoms with Crippen LogP contribution >= 0.6 is 0 Å². The summed E-state index contributed by atoms with van der Waals surface area (Å²) in [5, 5.41) is 4.33. The van der Waals surface area contributed by atoms with Crippen molar-refractivity contribution in [1.82, 2.24) is 0 Å². The van der Waals surface area contributed by atoms with Crippen molar-refractivity contribution in [3.63, 3.8) is 0 Å². The first-order chi connectivity index (χ1) is 29.0. The van der Waals surface area contributed by atoms with Crippen molar-refractivity contribution >= 4 is 29.7 Å². The second-order valence-electron chi connectivity index (χ2n) is 14.6. The third kappa shape index (κ3) is 6.33. The Morgan fingerprint density at radius 3 is 1.95 bits per heavy atom. The average molecular weight is 743 g/mol. The molecule has 1 heteroatoms. The Morgan fingerprint density at radius 1 is 0.534 bits per heavy atom. The topological polar surface area (TPSA) is 3.24 Å². The summed E-state index contributed by atoms with van der Waals surface area (Å²) in [5.41, 5.74) is 11.8. The molecule has 0 N–H and O–H groups in total. The Balaban J connectivity index is 1.33. The van der Waals surface area contributed by atoms with Crippen LogP contribution in [0.4, 0.5) is 17.1 Å². The number of hydrogen-bond donors (Lipinski definition) is 0. The first kappa shape index (κ1) is 35.0. The normalized spacial score (nSPS) is 15.6. The van der Waals surface area contributed by atoms with Crippen molar-refractivity contribution in [2.45, 2.75) is 5.41 Å². The molecule has 0 heterocycles. The van der Waals surface area contributed by atoms with E-state index in [4.69, 9.17) is 0 Å². The number of anilines is 3.